The normalized spacial score (nSPS) is 9.31. The molecule has 0 aromatic heterocycles. The van der Waals surface area contributed by atoms with Gasteiger partial charge in [0, 0.05) is 24.7 Å². The Balaban J connectivity index is 3.05. The van der Waals surface area contributed by atoms with Gasteiger partial charge in [-0.25, -0.2) is 0 Å². The Morgan fingerprint density at radius 2 is 2.31 bits per heavy atom. The second-order valence-electron chi connectivity index (χ2n) is 2.32. The number of rotatable bonds is 2. The summed E-state index contributed by atoms with van der Waals surface area (Å²) >= 11 is 0. The minimum atomic E-state index is -0.567. The topological polar surface area (TPSA) is 72.2 Å². The van der Waals surface area contributed by atoms with Crippen LogP contribution in [0.3, 0.4) is 0 Å². The molecule has 0 aliphatic heterocycles. The molecule has 0 saturated heterocycles. The number of carbonyl (C=O) groups is 1. The first-order chi connectivity index (χ1) is 6.15. The highest BCUT2D eigenvalue weighted by molar-refractivity contribution is 5.94. The molecule has 1 rings (SSSR count). The molecule has 0 aliphatic rings. The Hall–Kier alpha value is -1.91. The van der Waals surface area contributed by atoms with Crippen molar-refractivity contribution in [2.45, 2.75) is 0 Å². The molecule has 0 fully saturated rings. The lowest BCUT2D eigenvalue weighted by Crippen LogP contribution is -2.17. The van der Waals surface area contributed by atoms with E-state index >= 15 is 0 Å². The lowest BCUT2D eigenvalue weighted by molar-refractivity contribution is -0.384. The smallest absolute Gasteiger partial charge is 0.270 e. The quantitative estimate of drug-likeness (QED) is 0.538. The molecule has 0 spiro atoms. The summed E-state index contributed by atoms with van der Waals surface area (Å²) in [4.78, 5) is 20.8. The third kappa shape index (κ3) is 2.02. The van der Waals surface area contributed by atoms with Crippen molar-refractivity contribution in [2.75, 3.05) is 7.05 Å². The van der Waals surface area contributed by atoms with Gasteiger partial charge in [-0.2, -0.15) is 0 Å². The van der Waals surface area contributed by atoms with Gasteiger partial charge in [-0.05, 0) is 12.1 Å². The third-order valence-corrected chi connectivity index (χ3v) is 1.47. The first-order valence-electron chi connectivity index (χ1n) is 3.52. The first kappa shape index (κ1) is 9.18. The molecule has 13 heavy (non-hydrogen) atoms. The molecule has 0 atom stereocenters. The maximum absolute atomic E-state index is 11.0. The predicted molar refractivity (Wildman–Crippen MR) is 45.3 cm³/mol. The van der Waals surface area contributed by atoms with E-state index in [1.165, 1.54) is 25.2 Å². The number of amides is 1. The molecule has 67 valence electrons. The second-order valence-corrected chi connectivity index (χ2v) is 2.32. The van der Waals surface area contributed by atoms with Gasteiger partial charge in [0.2, 0.25) is 0 Å². The number of benzene rings is 1. The van der Waals surface area contributed by atoms with Crippen molar-refractivity contribution in [3.05, 3.63) is 39.9 Å². The van der Waals surface area contributed by atoms with Crippen LogP contribution in [0.5, 0.6) is 0 Å². The Morgan fingerprint density at radius 3 is 2.85 bits per heavy atom. The lowest BCUT2D eigenvalue weighted by atomic mass is 10.2. The van der Waals surface area contributed by atoms with E-state index in [-0.39, 0.29) is 17.2 Å². The monoisotopic (exact) mass is 179 g/mol. The summed E-state index contributed by atoms with van der Waals surface area (Å²) < 4.78 is 0. The van der Waals surface area contributed by atoms with E-state index in [1.54, 1.807) is 0 Å². The minimum Gasteiger partial charge on any atom is -0.355 e. The summed E-state index contributed by atoms with van der Waals surface area (Å²) in [5.74, 6) is -0.361. The molecule has 1 N–H and O–H groups in total. The van der Waals surface area contributed by atoms with Crippen LogP contribution in [0.1, 0.15) is 10.4 Å². The molecule has 0 bridgehead atoms. The number of carbonyl (C=O) groups excluding carboxylic acids is 1. The Kier molecular flexibility index (Phi) is 2.59. The molecular weight excluding hydrogens is 172 g/mol. The largest absolute Gasteiger partial charge is 0.355 e. The highest BCUT2D eigenvalue weighted by Crippen LogP contribution is 2.12. The SMILES string of the molecule is CNC(=O)c1c[c]cc([N+](=O)[O-])c1. The fourth-order valence-corrected chi connectivity index (χ4v) is 0.840. The summed E-state index contributed by atoms with van der Waals surface area (Å²) in [5, 5.41) is 12.7. The zero-order chi connectivity index (χ0) is 9.84. The molecule has 0 aliphatic carbocycles. The van der Waals surface area contributed by atoms with Crippen LogP contribution in [-0.2, 0) is 0 Å². The summed E-state index contributed by atoms with van der Waals surface area (Å²) in [6.45, 7) is 0. The highest BCUT2D eigenvalue weighted by Gasteiger charge is 2.09. The molecule has 5 heteroatoms. The van der Waals surface area contributed by atoms with Crippen LogP contribution >= 0.6 is 0 Å². The summed E-state index contributed by atoms with van der Waals surface area (Å²) in [5.41, 5.74) is 0.0952. The molecule has 1 amide bonds. The number of nitrogens with zero attached hydrogens (tertiary/aromatic N) is 1. The average molecular weight is 179 g/mol. The molecule has 1 aromatic rings. The van der Waals surface area contributed by atoms with Gasteiger partial charge in [-0.3, -0.25) is 14.9 Å². The van der Waals surface area contributed by atoms with Crippen LogP contribution in [0.4, 0.5) is 5.69 Å². The van der Waals surface area contributed by atoms with Crippen molar-refractivity contribution in [2.24, 2.45) is 0 Å². The number of nitro groups is 1. The average Bonchev–Trinajstić information content (AvgIpc) is 2.17. The standard InChI is InChI=1S/C8H7N2O3/c1-9-8(11)6-3-2-4-7(5-6)10(12)13/h3-5H,1H3,(H,9,11). The maximum Gasteiger partial charge on any atom is 0.270 e. The number of nitro benzene ring substituents is 1. The van der Waals surface area contributed by atoms with Gasteiger partial charge in [-0.15, -0.1) is 0 Å². The van der Waals surface area contributed by atoms with Gasteiger partial charge >= 0.3 is 0 Å². The highest BCUT2D eigenvalue weighted by atomic mass is 16.6. The van der Waals surface area contributed by atoms with Crippen molar-refractivity contribution in [3.8, 4) is 0 Å². The fraction of sp³-hybridized carbons (Fsp3) is 0.125. The molecule has 1 radical (unpaired) electrons. The van der Waals surface area contributed by atoms with Crippen LogP contribution in [0.2, 0.25) is 0 Å². The number of non-ortho nitro benzene ring substituents is 1. The van der Waals surface area contributed by atoms with Crippen LogP contribution in [0.25, 0.3) is 0 Å². The van der Waals surface area contributed by atoms with Gasteiger partial charge in [-0.1, -0.05) is 0 Å². The Bertz CT molecular complexity index is 349. The zero-order valence-corrected chi connectivity index (χ0v) is 6.90. The van der Waals surface area contributed by atoms with E-state index in [9.17, 15) is 14.9 Å². The van der Waals surface area contributed by atoms with Crippen molar-refractivity contribution in [1.82, 2.24) is 5.32 Å². The lowest BCUT2D eigenvalue weighted by Gasteiger charge is -1.97. The van der Waals surface area contributed by atoms with Crippen LogP contribution in [-0.4, -0.2) is 17.9 Å². The summed E-state index contributed by atoms with van der Waals surface area (Å²) in [6, 6.07) is 6.34. The molecule has 1 aromatic carbocycles. The van der Waals surface area contributed by atoms with Crippen molar-refractivity contribution in [1.29, 1.82) is 0 Å². The van der Waals surface area contributed by atoms with Gasteiger partial charge < -0.3 is 5.32 Å². The van der Waals surface area contributed by atoms with Gasteiger partial charge in [0.05, 0.1) is 4.92 Å². The van der Waals surface area contributed by atoms with Crippen LogP contribution < -0.4 is 5.32 Å². The Morgan fingerprint density at radius 1 is 1.62 bits per heavy atom. The van der Waals surface area contributed by atoms with Gasteiger partial charge in [0.1, 0.15) is 0 Å². The van der Waals surface area contributed by atoms with Crippen molar-refractivity contribution < 1.29 is 9.72 Å². The van der Waals surface area contributed by atoms with Crippen LogP contribution in [0.15, 0.2) is 18.2 Å². The van der Waals surface area contributed by atoms with Gasteiger partial charge in [0.25, 0.3) is 11.6 Å². The number of hydrogen-bond donors (Lipinski definition) is 1. The number of nitrogens with one attached hydrogen (secondary N) is 1. The van der Waals surface area contributed by atoms with Crippen molar-refractivity contribution >= 4 is 11.6 Å². The van der Waals surface area contributed by atoms with E-state index in [1.807, 2.05) is 0 Å². The van der Waals surface area contributed by atoms with E-state index in [2.05, 4.69) is 11.4 Å². The predicted octanol–water partition coefficient (Wildman–Crippen LogP) is 0.755. The van der Waals surface area contributed by atoms with Crippen LogP contribution in [0, 0.1) is 16.2 Å². The van der Waals surface area contributed by atoms with E-state index in [0.717, 1.165) is 0 Å². The first-order valence-corrected chi connectivity index (χ1v) is 3.52. The molecular formula is C8H7N2O3. The van der Waals surface area contributed by atoms with E-state index in [0.29, 0.717) is 0 Å². The summed E-state index contributed by atoms with van der Waals surface area (Å²) in [7, 11) is 1.46. The zero-order valence-electron chi connectivity index (χ0n) is 6.90. The Labute approximate surface area is 74.5 Å². The minimum absolute atomic E-state index is 0.138. The molecule has 0 heterocycles. The summed E-state index contributed by atoms with van der Waals surface area (Å²) in [6.07, 6.45) is 0. The molecule has 5 nitrogen and oxygen atoms in total. The van der Waals surface area contributed by atoms with E-state index < -0.39 is 4.92 Å². The fourth-order valence-electron chi connectivity index (χ4n) is 0.840. The second kappa shape index (κ2) is 3.66. The molecule has 0 unspecified atom stereocenters. The van der Waals surface area contributed by atoms with Gasteiger partial charge in [0.15, 0.2) is 0 Å². The maximum atomic E-state index is 11.0. The third-order valence-electron chi connectivity index (χ3n) is 1.47. The number of hydrogen-bond acceptors (Lipinski definition) is 3. The van der Waals surface area contributed by atoms with E-state index in [4.69, 9.17) is 0 Å². The molecule has 0 saturated carbocycles. The van der Waals surface area contributed by atoms with Crippen molar-refractivity contribution in [3.63, 3.8) is 0 Å².